The number of carbonyl (C=O) groups is 2. The SMILES string of the molecule is CN(Cc1ccc(C(=O)NCCN2CCCC2=O)cc1)S(=O)(=O)c1ccc(Cl)cc1. The molecule has 0 unspecified atom stereocenters. The number of likely N-dealkylation sites (tertiary alicyclic amines) is 1. The van der Waals surface area contributed by atoms with E-state index in [0.29, 0.717) is 30.1 Å². The van der Waals surface area contributed by atoms with Crippen LogP contribution in [0.4, 0.5) is 0 Å². The van der Waals surface area contributed by atoms with E-state index in [1.807, 2.05) is 0 Å². The Hall–Kier alpha value is -2.42. The Bertz CT molecular complexity index is 1010. The normalized spacial score (nSPS) is 14.4. The maximum Gasteiger partial charge on any atom is 0.251 e. The van der Waals surface area contributed by atoms with Gasteiger partial charge in [-0.05, 0) is 48.4 Å². The minimum Gasteiger partial charge on any atom is -0.350 e. The highest BCUT2D eigenvalue weighted by Gasteiger charge is 2.21. The molecule has 160 valence electrons. The third-order valence-corrected chi connectivity index (χ3v) is 7.05. The highest BCUT2D eigenvalue weighted by Crippen LogP contribution is 2.19. The van der Waals surface area contributed by atoms with E-state index in [9.17, 15) is 18.0 Å². The molecule has 1 heterocycles. The van der Waals surface area contributed by atoms with Gasteiger partial charge in [0, 0.05) is 50.2 Å². The van der Waals surface area contributed by atoms with E-state index in [0.717, 1.165) is 18.5 Å². The van der Waals surface area contributed by atoms with Crippen LogP contribution in [0.15, 0.2) is 53.4 Å². The Labute approximate surface area is 181 Å². The van der Waals surface area contributed by atoms with Crippen molar-refractivity contribution in [2.24, 2.45) is 0 Å². The van der Waals surface area contributed by atoms with E-state index >= 15 is 0 Å². The van der Waals surface area contributed by atoms with Crippen molar-refractivity contribution in [1.29, 1.82) is 0 Å². The summed E-state index contributed by atoms with van der Waals surface area (Å²) in [5, 5.41) is 3.28. The van der Waals surface area contributed by atoms with Crippen molar-refractivity contribution in [1.82, 2.24) is 14.5 Å². The summed E-state index contributed by atoms with van der Waals surface area (Å²) < 4.78 is 26.6. The van der Waals surface area contributed by atoms with E-state index in [1.165, 1.54) is 35.6 Å². The van der Waals surface area contributed by atoms with Gasteiger partial charge in [0.25, 0.3) is 5.91 Å². The van der Waals surface area contributed by atoms with Crippen LogP contribution in [0, 0.1) is 0 Å². The topological polar surface area (TPSA) is 86.8 Å². The average Bonchev–Trinajstić information content (AvgIpc) is 3.13. The highest BCUT2D eigenvalue weighted by atomic mass is 35.5. The van der Waals surface area contributed by atoms with Gasteiger partial charge in [-0.3, -0.25) is 9.59 Å². The van der Waals surface area contributed by atoms with Gasteiger partial charge in [-0.25, -0.2) is 8.42 Å². The van der Waals surface area contributed by atoms with E-state index in [2.05, 4.69) is 5.32 Å². The van der Waals surface area contributed by atoms with Crippen LogP contribution in [0.3, 0.4) is 0 Å². The highest BCUT2D eigenvalue weighted by molar-refractivity contribution is 7.89. The lowest BCUT2D eigenvalue weighted by atomic mass is 10.1. The molecule has 0 saturated carbocycles. The lowest BCUT2D eigenvalue weighted by Gasteiger charge is -2.18. The zero-order valence-electron chi connectivity index (χ0n) is 16.7. The quantitative estimate of drug-likeness (QED) is 0.670. The largest absolute Gasteiger partial charge is 0.350 e. The zero-order chi connectivity index (χ0) is 21.7. The summed E-state index contributed by atoms with van der Waals surface area (Å²) in [5.41, 5.74) is 1.24. The molecule has 0 atom stereocenters. The lowest BCUT2D eigenvalue weighted by molar-refractivity contribution is -0.127. The summed E-state index contributed by atoms with van der Waals surface area (Å²) in [6.45, 7) is 1.82. The van der Waals surface area contributed by atoms with Crippen molar-refractivity contribution in [2.75, 3.05) is 26.7 Å². The van der Waals surface area contributed by atoms with Gasteiger partial charge >= 0.3 is 0 Å². The molecular formula is C21H24ClN3O4S. The molecule has 0 radical (unpaired) electrons. The third-order valence-electron chi connectivity index (χ3n) is 4.98. The Morgan fingerprint density at radius 1 is 1.13 bits per heavy atom. The zero-order valence-corrected chi connectivity index (χ0v) is 18.2. The van der Waals surface area contributed by atoms with Gasteiger partial charge in [-0.15, -0.1) is 0 Å². The lowest BCUT2D eigenvalue weighted by Crippen LogP contribution is -2.35. The fourth-order valence-corrected chi connectivity index (χ4v) is 4.52. The number of rotatable bonds is 8. The van der Waals surface area contributed by atoms with Gasteiger partial charge in [0.1, 0.15) is 0 Å². The van der Waals surface area contributed by atoms with Gasteiger partial charge in [0.15, 0.2) is 0 Å². The molecule has 0 aromatic heterocycles. The molecule has 1 saturated heterocycles. The molecule has 3 rings (SSSR count). The van der Waals surface area contributed by atoms with Crippen LogP contribution in [-0.2, 0) is 21.4 Å². The van der Waals surface area contributed by atoms with Gasteiger partial charge in [-0.2, -0.15) is 4.31 Å². The third kappa shape index (κ3) is 5.38. The second-order valence-electron chi connectivity index (χ2n) is 7.15. The van der Waals surface area contributed by atoms with Crippen molar-refractivity contribution < 1.29 is 18.0 Å². The van der Waals surface area contributed by atoms with Gasteiger partial charge in [0.2, 0.25) is 15.9 Å². The fraction of sp³-hybridized carbons (Fsp3) is 0.333. The molecule has 0 spiro atoms. The van der Waals surface area contributed by atoms with Crippen LogP contribution >= 0.6 is 11.6 Å². The number of sulfonamides is 1. The van der Waals surface area contributed by atoms with Crippen molar-refractivity contribution in [2.45, 2.75) is 24.3 Å². The Kier molecular flexibility index (Phi) is 7.12. The summed E-state index contributed by atoms with van der Waals surface area (Å²) in [4.78, 5) is 25.8. The maximum absolute atomic E-state index is 12.7. The molecule has 1 aliphatic rings. The number of halogens is 1. The van der Waals surface area contributed by atoms with Crippen molar-refractivity contribution in [3.63, 3.8) is 0 Å². The summed E-state index contributed by atoms with van der Waals surface area (Å²) >= 11 is 5.82. The minimum absolute atomic E-state index is 0.131. The van der Waals surface area contributed by atoms with Crippen molar-refractivity contribution >= 4 is 33.4 Å². The molecule has 0 bridgehead atoms. The van der Waals surface area contributed by atoms with E-state index in [4.69, 9.17) is 11.6 Å². The summed E-state index contributed by atoms with van der Waals surface area (Å²) in [5.74, 6) is -0.0957. The predicted molar refractivity (Wildman–Crippen MR) is 115 cm³/mol. The minimum atomic E-state index is -3.64. The monoisotopic (exact) mass is 449 g/mol. The molecule has 2 aromatic rings. The molecular weight excluding hydrogens is 426 g/mol. The van der Waals surface area contributed by atoms with Gasteiger partial charge in [-0.1, -0.05) is 23.7 Å². The first-order valence-corrected chi connectivity index (χ1v) is 11.5. The molecule has 2 amide bonds. The second kappa shape index (κ2) is 9.59. The van der Waals surface area contributed by atoms with Crippen LogP contribution in [0.5, 0.6) is 0 Å². The Balaban J connectivity index is 1.55. The number of nitrogens with zero attached hydrogens (tertiary/aromatic N) is 2. The number of nitrogens with one attached hydrogen (secondary N) is 1. The fourth-order valence-electron chi connectivity index (χ4n) is 3.24. The smallest absolute Gasteiger partial charge is 0.251 e. The van der Waals surface area contributed by atoms with E-state index in [1.54, 1.807) is 29.2 Å². The van der Waals surface area contributed by atoms with E-state index in [-0.39, 0.29) is 23.3 Å². The Morgan fingerprint density at radius 2 is 1.80 bits per heavy atom. The number of carbonyl (C=O) groups excluding carboxylic acids is 2. The maximum atomic E-state index is 12.7. The first kappa shape index (κ1) is 22.3. The van der Waals surface area contributed by atoms with Crippen LogP contribution in [-0.4, -0.2) is 56.1 Å². The summed E-state index contributed by atoms with van der Waals surface area (Å²) in [6.07, 6.45) is 1.45. The van der Waals surface area contributed by atoms with Crippen molar-refractivity contribution in [3.8, 4) is 0 Å². The molecule has 7 nitrogen and oxygen atoms in total. The number of hydrogen-bond acceptors (Lipinski definition) is 4. The van der Waals surface area contributed by atoms with Crippen LogP contribution in [0.2, 0.25) is 5.02 Å². The van der Waals surface area contributed by atoms with E-state index < -0.39 is 10.0 Å². The van der Waals surface area contributed by atoms with Gasteiger partial charge in [0.05, 0.1) is 4.90 Å². The molecule has 1 fully saturated rings. The summed E-state index contributed by atoms with van der Waals surface area (Å²) in [7, 11) is -2.14. The number of amides is 2. The van der Waals surface area contributed by atoms with Crippen LogP contribution in [0.25, 0.3) is 0 Å². The second-order valence-corrected chi connectivity index (χ2v) is 9.63. The molecule has 1 aliphatic heterocycles. The van der Waals surface area contributed by atoms with Crippen LogP contribution < -0.4 is 5.32 Å². The molecule has 0 aliphatic carbocycles. The standard InChI is InChI=1S/C21H24ClN3O4S/c1-24(30(28,29)19-10-8-18(22)9-11-19)15-16-4-6-17(7-5-16)21(27)23-12-14-25-13-2-3-20(25)26/h4-11H,2-3,12-15H2,1H3,(H,23,27). The predicted octanol–water partition coefficient (Wildman–Crippen LogP) is 2.51. The first-order valence-electron chi connectivity index (χ1n) is 9.64. The van der Waals surface area contributed by atoms with Gasteiger partial charge < -0.3 is 10.2 Å². The first-order chi connectivity index (χ1) is 14.3. The van der Waals surface area contributed by atoms with Crippen molar-refractivity contribution in [3.05, 3.63) is 64.7 Å². The van der Waals surface area contributed by atoms with Crippen LogP contribution in [0.1, 0.15) is 28.8 Å². The summed E-state index contributed by atoms with van der Waals surface area (Å²) in [6, 6.07) is 12.8. The average molecular weight is 450 g/mol. The number of benzene rings is 2. The molecule has 1 N–H and O–H groups in total. The molecule has 9 heteroatoms. The number of hydrogen-bond donors (Lipinski definition) is 1. The molecule has 2 aromatic carbocycles. The Morgan fingerprint density at radius 3 is 2.40 bits per heavy atom. The molecule has 30 heavy (non-hydrogen) atoms.